The van der Waals surface area contributed by atoms with Crippen LogP contribution in [0.4, 0.5) is 0 Å². The third-order valence-corrected chi connectivity index (χ3v) is 2.86. The number of carbonyl (C=O) groups excluding carboxylic acids is 2. The molecule has 0 aliphatic rings. The van der Waals surface area contributed by atoms with Gasteiger partial charge in [0.15, 0.2) is 5.78 Å². The Balaban J connectivity index is 2.80. The van der Waals surface area contributed by atoms with Crippen molar-refractivity contribution >= 4 is 23.3 Å². The molecule has 1 N–H and O–H groups in total. The van der Waals surface area contributed by atoms with Gasteiger partial charge in [-0.05, 0) is 31.5 Å². The third-order valence-electron chi connectivity index (χ3n) is 2.55. The van der Waals surface area contributed by atoms with Crippen LogP contribution >= 0.6 is 11.6 Å². The maximum atomic E-state index is 11.9. The van der Waals surface area contributed by atoms with Gasteiger partial charge in [0.1, 0.15) is 0 Å². The molecular weight excluding hydrogens is 238 g/mol. The predicted octanol–water partition coefficient (Wildman–Crippen LogP) is 2.75. The van der Waals surface area contributed by atoms with Crippen LogP contribution in [0.2, 0.25) is 5.02 Å². The highest BCUT2D eigenvalue weighted by molar-refractivity contribution is 6.34. The van der Waals surface area contributed by atoms with Crippen LogP contribution in [0.3, 0.4) is 0 Å². The number of nitrogens with one attached hydrogen (secondary N) is 1. The summed E-state index contributed by atoms with van der Waals surface area (Å²) < 4.78 is 0. The Morgan fingerprint density at radius 2 is 2.06 bits per heavy atom. The first-order valence-corrected chi connectivity index (χ1v) is 5.93. The van der Waals surface area contributed by atoms with Crippen molar-refractivity contribution in [3.63, 3.8) is 0 Å². The highest BCUT2D eigenvalue weighted by Gasteiger charge is 2.16. The van der Waals surface area contributed by atoms with Gasteiger partial charge in [-0.1, -0.05) is 24.6 Å². The third kappa shape index (κ3) is 3.56. The van der Waals surface area contributed by atoms with E-state index in [1.807, 2.05) is 13.0 Å². The molecule has 1 aromatic carbocycles. The van der Waals surface area contributed by atoms with Crippen LogP contribution in [0.15, 0.2) is 18.2 Å². The van der Waals surface area contributed by atoms with Crippen molar-refractivity contribution in [2.75, 3.05) is 0 Å². The number of Topliss-reactive ketones (excluding diaryl/α,β-unsaturated/α-hetero) is 1. The van der Waals surface area contributed by atoms with Crippen molar-refractivity contribution in [1.82, 2.24) is 5.32 Å². The molecule has 1 amide bonds. The monoisotopic (exact) mass is 253 g/mol. The molecule has 0 spiro atoms. The molecule has 1 unspecified atom stereocenters. The maximum Gasteiger partial charge on any atom is 0.253 e. The van der Waals surface area contributed by atoms with Crippen molar-refractivity contribution in [2.24, 2.45) is 0 Å². The number of hydrogen-bond donors (Lipinski definition) is 1. The van der Waals surface area contributed by atoms with Gasteiger partial charge in [0.05, 0.1) is 16.6 Å². The number of rotatable bonds is 4. The fourth-order valence-electron chi connectivity index (χ4n) is 1.47. The zero-order chi connectivity index (χ0) is 13.0. The van der Waals surface area contributed by atoms with Gasteiger partial charge in [-0.15, -0.1) is 0 Å². The van der Waals surface area contributed by atoms with E-state index in [-0.39, 0.29) is 11.7 Å². The average molecular weight is 254 g/mol. The SMILES string of the molecule is CCC(=O)C(C)NC(=O)c1ccc(C)cc1Cl. The van der Waals surface area contributed by atoms with E-state index in [1.165, 1.54) is 0 Å². The van der Waals surface area contributed by atoms with Gasteiger partial charge in [0.2, 0.25) is 0 Å². The fourth-order valence-corrected chi connectivity index (χ4v) is 1.79. The van der Waals surface area contributed by atoms with Crippen molar-refractivity contribution in [3.05, 3.63) is 34.3 Å². The van der Waals surface area contributed by atoms with Gasteiger partial charge >= 0.3 is 0 Å². The Hall–Kier alpha value is -1.35. The number of carbonyl (C=O) groups is 2. The van der Waals surface area contributed by atoms with Crippen LogP contribution in [0.5, 0.6) is 0 Å². The predicted molar refractivity (Wildman–Crippen MR) is 68.4 cm³/mol. The minimum atomic E-state index is -0.482. The largest absolute Gasteiger partial charge is 0.342 e. The van der Waals surface area contributed by atoms with Crippen molar-refractivity contribution in [2.45, 2.75) is 33.2 Å². The number of benzene rings is 1. The second-order valence-corrected chi connectivity index (χ2v) is 4.41. The van der Waals surface area contributed by atoms with Gasteiger partial charge in [-0.3, -0.25) is 9.59 Å². The van der Waals surface area contributed by atoms with Crippen LogP contribution in [-0.2, 0) is 4.79 Å². The highest BCUT2D eigenvalue weighted by Crippen LogP contribution is 2.17. The lowest BCUT2D eigenvalue weighted by Gasteiger charge is -2.12. The highest BCUT2D eigenvalue weighted by atomic mass is 35.5. The van der Waals surface area contributed by atoms with Crippen molar-refractivity contribution in [1.29, 1.82) is 0 Å². The quantitative estimate of drug-likeness (QED) is 0.897. The van der Waals surface area contributed by atoms with E-state index in [1.54, 1.807) is 26.0 Å². The van der Waals surface area contributed by atoms with E-state index in [0.29, 0.717) is 17.0 Å². The molecule has 0 heterocycles. The second-order valence-electron chi connectivity index (χ2n) is 4.00. The van der Waals surface area contributed by atoms with E-state index >= 15 is 0 Å². The normalized spacial score (nSPS) is 12.0. The molecule has 1 aromatic rings. The molecular formula is C13H16ClNO2. The Bertz CT molecular complexity index is 443. The van der Waals surface area contributed by atoms with Gasteiger partial charge in [0.25, 0.3) is 5.91 Å². The molecule has 0 fully saturated rings. The summed E-state index contributed by atoms with van der Waals surface area (Å²) in [4.78, 5) is 23.2. The Morgan fingerprint density at radius 1 is 1.41 bits per heavy atom. The fraction of sp³-hybridized carbons (Fsp3) is 0.385. The Labute approximate surface area is 106 Å². The molecule has 3 nitrogen and oxygen atoms in total. The van der Waals surface area contributed by atoms with E-state index in [4.69, 9.17) is 11.6 Å². The Kier molecular flexibility index (Phi) is 4.70. The first kappa shape index (κ1) is 13.7. The van der Waals surface area contributed by atoms with E-state index in [0.717, 1.165) is 5.56 Å². The van der Waals surface area contributed by atoms with Crippen molar-refractivity contribution < 1.29 is 9.59 Å². The van der Waals surface area contributed by atoms with Crippen LogP contribution in [0, 0.1) is 6.92 Å². The molecule has 0 aliphatic heterocycles. The topological polar surface area (TPSA) is 46.2 Å². The summed E-state index contributed by atoms with van der Waals surface area (Å²) in [5.41, 5.74) is 1.39. The van der Waals surface area contributed by atoms with Gasteiger partial charge in [-0.2, -0.15) is 0 Å². The van der Waals surface area contributed by atoms with Crippen molar-refractivity contribution in [3.8, 4) is 0 Å². The van der Waals surface area contributed by atoms with Gasteiger partial charge in [0, 0.05) is 6.42 Å². The zero-order valence-corrected chi connectivity index (χ0v) is 11.0. The molecule has 17 heavy (non-hydrogen) atoms. The lowest BCUT2D eigenvalue weighted by Crippen LogP contribution is -2.38. The molecule has 1 atom stereocenters. The number of hydrogen-bond acceptors (Lipinski definition) is 2. The summed E-state index contributed by atoms with van der Waals surface area (Å²) in [6.07, 6.45) is 0.406. The Morgan fingerprint density at radius 3 is 2.59 bits per heavy atom. The van der Waals surface area contributed by atoms with E-state index in [9.17, 15) is 9.59 Å². The number of ketones is 1. The minimum Gasteiger partial charge on any atom is -0.342 e. The average Bonchev–Trinajstić information content (AvgIpc) is 2.27. The van der Waals surface area contributed by atoms with Gasteiger partial charge < -0.3 is 5.32 Å². The number of aryl methyl sites for hydroxylation is 1. The first-order chi connectivity index (χ1) is 7.95. The van der Waals surface area contributed by atoms with E-state index < -0.39 is 6.04 Å². The van der Waals surface area contributed by atoms with Crippen LogP contribution < -0.4 is 5.32 Å². The molecule has 1 rings (SSSR count). The maximum absolute atomic E-state index is 11.9. The summed E-state index contributed by atoms with van der Waals surface area (Å²) in [7, 11) is 0. The number of amides is 1. The van der Waals surface area contributed by atoms with Gasteiger partial charge in [-0.25, -0.2) is 0 Å². The first-order valence-electron chi connectivity index (χ1n) is 5.55. The summed E-state index contributed by atoms with van der Waals surface area (Å²) >= 11 is 5.98. The zero-order valence-electron chi connectivity index (χ0n) is 10.2. The standard InChI is InChI=1S/C13H16ClNO2/c1-4-12(16)9(3)15-13(17)10-6-5-8(2)7-11(10)14/h5-7,9H,4H2,1-3H3,(H,15,17). The molecule has 0 aliphatic carbocycles. The molecule has 0 saturated heterocycles. The minimum absolute atomic E-state index is 0.00147. The van der Waals surface area contributed by atoms with Crippen LogP contribution in [0.25, 0.3) is 0 Å². The molecule has 4 heteroatoms. The molecule has 0 aromatic heterocycles. The summed E-state index contributed by atoms with van der Waals surface area (Å²) in [6, 6.07) is 4.72. The lowest BCUT2D eigenvalue weighted by molar-refractivity contribution is -0.120. The van der Waals surface area contributed by atoms with Crippen LogP contribution in [-0.4, -0.2) is 17.7 Å². The summed E-state index contributed by atoms with van der Waals surface area (Å²) in [5.74, 6) is -0.314. The number of halogens is 1. The molecule has 0 bridgehead atoms. The molecule has 0 radical (unpaired) electrons. The van der Waals surface area contributed by atoms with E-state index in [2.05, 4.69) is 5.32 Å². The molecule has 92 valence electrons. The second kappa shape index (κ2) is 5.82. The summed E-state index contributed by atoms with van der Waals surface area (Å²) in [5, 5.41) is 3.04. The van der Waals surface area contributed by atoms with Crippen LogP contribution in [0.1, 0.15) is 36.2 Å². The lowest BCUT2D eigenvalue weighted by atomic mass is 10.1. The molecule has 0 saturated carbocycles. The summed E-state index contributed by atoms with van der Waals surface area (Å²) in [6.45, 7) is 5.34. The smallest absolute Gasteiger partial charge is 0.253 e.